The van der Waals surface area contributed by atoms with Crippen molar-refractivity contribution in [2.75, 3.05) is 0 Å². The first-order valence-corrected chi connectivity index (χ1v) is 9.28. The Morgan fingerprint density at radius 2 is 2.04 bits per heavy atom. The standard InChI is InChI=1S/C19H18FN5OS/c1-12-16-7-17(18(26)21-8-14-9-22-24(2)10-14)27-19(16)25(23-12)11-13-3-5-15(20)6-4-13/h3-7,9-10H,8,11H2,1-2H3,(H,21,26). The van der Waals surface area contributed by atoms with Gasteiger partial charge in [-0.2, -0.15) is 10.2 Å². The number of nitrogens with zero attached hydrogens (tertiary/aromatic N) is 4. The van der Waals surface area contributed by atoms with Crippen molar-refractivity contribution in [3.63, 3.8) is 0 Å². The number of rotatable bonds is 5. The molecule has 27 heavy (non-hydrogen) atoms. The number of hydrogen-bond acceptors (Lipinski definition) is 4. The van der Waals surface area contributed by atoms with Crippen molar-refractivity contribution >= 4 is 27.5 Å². The molecule has 0 bridgehead atoms. The second kappa shape index (κ2) is 6.96. The van der Waals surface area contributed by atoms with Gasteiger partial charge in [0, 0.05) is 30.7 Å². The van der Waals surface area contributed by atoms with Crippen LogP contribution in [0.3, 0.4) is 0 Å². The lowest BCUT2D eigenvalue weighted by atomic mass is 10.2. The molecule has 1 aromatic carbocycles. The maximum absolute atomic E-state index is 13.1. The average molecular weight is 383 g/mol. The first-order chi connectivity index (χ1) is 13.0. The zero-order chi connectivity index (χ0) is 19.0. The molecule has 0 spiro atoms. The molecule has 4 rings (SSSR count). The predicted octanol–water partition coefficient (Wildman–Crippen LogP) is 3.26. The molecule has 1 N–H and O–H groups in total. The summed E-state index contributed by atoms with van der Waals surface area (Å²) >= 11 is 1.41. The van der Waals surface area contributed by atoms with Gasteiger partial charge in [-0.15, -0.1) is 11.3 Å². The van der Waals surface area contributed by atoms with E-state index in [9.17, 15) is 9.18 Å². The SMILES string of the molecule is Cc1nn(Cc2ccc(F)cc2)c2sc(C(=O)NCc3cnn(C)c3)cc12. The Kier molecular flexibility index (Phi) is 4.49. The summed E-state index contributed by atoms with van der Waals surface area (Å²) in [5.74, 6) is -0.378. The highest BCUT2D eigenvalue weighted by molar-refractivity contribution is 7.20. The lowest BCUT2D eigenvalue weighted by Gasteiger charge is -2.03. The molecular formula is C19H18FN5OS. The van der Waals surface area contributed by atoms with Crippen LogP contribution in [0.25, 0.3) is 10.2 Å². The zero-order valence-electron chi connectivity index (χ0n) is 14.9. The Hall–Kier alpha value is -3.00. The molecule has 0 aliphatic rings. The summed E-state index contributed by atoms with van der Waals surface area (Å²) in [6.07, 6.45) is 3.60. The van der Waals surface area contributed by atoms with Gasteiger partial charge < -0.3 is 5.32 Å². The summed E-state index contributed by atoms with van der Waals surface area (Å²) in [4.78, 5) is 14.1. The van der Waals surface area contributed by atoms with Crippen LogP contribution in [-0.2, 0) is 20.1 Å². The minimum absolute atomic E-state index is 0.118. The number of thiophene rings is 1. The average Bonchev–Trinajstić information content (AvgIpc) is 3.33. The fourth-order valence-electron chi connectivity index (χ4n) is 2.93. The Labute approximate surface area is 159 Å². The van der Waals surface area contributed by atoms with Crippen molar-refractivity contribution in [3.8, 4) is 0 Å². The molecule has 0 unspecified atom stereocenters. The number of fused-ring (bicyclic) bond motifs is 1. The lowest BCUT2D eigenvalue weighted by molar-refractivity contribution is 0.0955. The highest BCUT2D eigenvalue weighted by Crippen LogP contribution is 2.29. The van der Waals surface area contributed by atoms with Gasteiger partial charge in [0.2, 0.25) is 0 Å². The van der Waals surface area contributed by atoms with Crippen LogP contribution in [0.4, 0.5) is 4.39 Å². The molecule has 0 saturated carbocycles. The third-order valence-electron chi connectivity index (χ3n) is 4.29. The van der Waals surface area contributed by atoms with Gasteiger partial charge in [0.1, 0.15) is 10.6 Å². The van der Waals surface area contributed by atoms with Crippen molar-refractivity contribution < 1.29 is 9.18 Å². The molecule has 0 saturated heterocycles. The molecule has 0 aliphatic carbocycles. The Morgan fingerprint density at radius 3 is 2.74 bits per heavy atom. The summed E-state index contributed by atoms with van der Waals surface area (Å²) in [6.45, 7) is 2.89. The third-order valence-corrected chi connectivity index (χ3v) is 5.44. The second-order valence-corrected chi connectivity index (χ2v) is 7.43. The van der Waals surface area contributed by atoms with Crippen LogP contribution in [-0.4, -0.2) is 25.5 Å². The van der Waals surface area contributed by atoms with Crippen LogP contribution < -0.4 is 5.32 Å². The van der Waals surface area contributed by atoms with Gasteiger partial charge >= 0.3 is 0 Å². The minimum atomic E-state index is -0.260. The molecule has 1 amide bonds. The van der Waals surface area contributed by atoms with Crippen LogP contribution >= 0.6 is 11.3 Å². The van der Waals surface area contributed by atoms with E-state index < -0.39 is 0 Å². The van der Waals surface area contributed by atoms with Crippen molar-refractivity contribution in [3.05, 3.63) is 70.2 Å². The smallest absolute Gasteiger partial charge is 0.261 e. The predicted molar refractivity (Wildman–Crippen MR) is 102 cm³/mol. The largest absolute Gasteiger partial charge is 0.347 e. The molecule has 0 atom stereocenters. The fraction of sp³-hybridized carbons (Fsp3) is 0.211. The quantitative estimate of drug-likeness (QED) is 0.575. The molecule has 0 radical (unpaired) electrons. The van der Waals surface area contributed by atoms with Gasteiger partial charge in [0.15, 0.2) is 0 Å². The summed E-state index contributed by atoms with van der Waals surface area (Å²) < 4.78 is 16.7. The first-order valence-electron chi connectivity index (χ1n) is 8.47. The Morgan fingerprint density at radius 1 is 1.26 bits per heavy atom. The number of carbonyl (C=O) groups excluding carboxylic acids is 1. The van der Waals surface area contributed by atoms with E-state index in [0.29, 0.717) is 18.0 Å². The fourth-order valence-corrected chi connectivity index (χ4v) is 4.00. The zero-order valence-corrected chi connectivity index (χ0v) is 15.8. The van der Waals surface area contributed by atoms with E-state index in [0.717, 1.165) is 27.0 Å². The molecule has 3 aromatic heterocycles. The summed E-state index contributed by atoms with van der Waals surface area (Å²) in [7, 11) is 1.84. The number of halogens is 1. The van der Waals surface area contributed by atoms with Gasteiger partial charge in [-0.1, -0.05) is 12.1 Å². The summed E-state index contributed by atoms with van der Waals surface area (Å²) in [6, 6.07) is 8.24. The number of aryl methyl sites for hydroxylation is 2. The lowest BCUT2D eigenvalue weighted by Crippen LogP contribution is -2.21. The molecule has 3 heterocycles. The van der Waals surface area contributed by atoms with E-state index >= 15 is 0 Å². The van der Waals surface area contributed by atoms with Gasteiger partial charge in [-0.25, -0.2) is 4.39 Å². The van der Waals surface area contributed by atoms with Crippen LogP contribution in [0.2, 0.25) is 0 Å². The van der Waals surface area contributed by atoms with Gasteiger partial charge in [0.05, 0.1) is 23.3 Å². The maximum Gasteiger partial charge on any atom is 0.261 e. The number of benzene rings is 1. The molecule has 0 aliphatic heterocycles. The molecular weight excluding hydrogens is 365 g/mol. The Balaban J connectivity index is 1.54. The van der Waals surface area contributed by atoms with Crippen LogP contribution in [0, 0.1) is 12.7 Å². The van der Waals surface area contributed by atoms with E-state index in [2.05, 4.69) is 15.5 Å². The number of aromatic nitrogens is 4. The van der Waals surface area contributed by atoms with Gasteiger partial charge in [-0.3, -0.25) is 14.2 Å². The van der Waals surface area contributed by atoms with Crippen molar-refractivity contribution in [2.24, 2.45) is 7.05 Å². The highest BCUT2D eigenvalue weighted by atomic mass is 32.1. The number of nitrogens with one attached hydrogen (secondary N) is 1. The molecule has 4 aromatic rings. The van der Waals surface area contributed by atoms with Gasteiger partial charge in [-0.05, 0) is 30.7 Å². The number of hydrogen-bond donors (Lipinski definition) is 1. The monoisotopic (exact) mass is 383 g/mol. The first kappa shape index (κ1) is 17.4. The minimum Gasteiger partial charge on any atom is -0.347 e. The van der Waals surface area contributed by atoms with Crippen LogP contribution in [0.1, 0.15) is 26.5 Å². The number of amides is 1. The maximum atomic E-state index is 13.1. The highest BCUT2D eigenvalue weighted by Gasteiger charge is 2.16. The van der Waals surface area contributed by atoms with Crippen molar-refractivity contribution in [1.29, 1.82) is 0 Å². The summed E-state index contributed by atoms with van der Waals surface area (Å²) in [5.41, 5.74) is 2.78. The van der Waals surface area contributed by atoms with Crippen LogP contribution in [0.5, 0.6) is 0 Å². The van der Waals surface area contributed by atoms with Crippen molar-refractivity contribution in [2.45, 2.75) is 20.0 Å². The van der Waals surface area contributed by atoms with E-state index in [-0.39, 0.29) is 11.7 Å². The van der Waals surface area contributed by atoms with E-state index in [1.807, 2.05) is 30.9 Å². The Bertz CT molecular complexity index is 1110. The molecule has 8 heteroatoms. The summed E-state index contributed by atoms with van der Waals surface area (Å²) in [5, 5.41) is 12.5. The second-order valence-electron chi connectivity index (χ2n) is 6.40. The molecule has 138 valence electrons. The normalized spacial score (nSPS) is 11.2. The molecule has 0 fully saturated rings. The van der Waals surface area contributed by atoms with Crippen molar-refractivity contribution in [1.82, 2.24) is 24.9 Å². The van der Waals surface area contributed by atoms with E-state index in [4.69, 9.17) is 0 Å². The number of carbonyl (C=O) groups is 1. The molecule has 6 nitrogen and oxygen atoms in total. The topological polar surface area (TPSA) is 64.7 Å². The van der Waals surface area contributed by atoms with Gasteiger partial charge in [0.25, 0.3) is 5.91 Å². The third kappa shape index (κ3) is 3.61. The van der Waals surface area contributed by atoms with E-state index in [1.165, 1.54) is 23.5 Å². The van der Waals surface area contributed by atoms with Crippen LogP contribution in [0.15, 0.2) is 42.7 Å². The van der Waals surface area contributed by atoms with E-state index in [1.54, 1.807) is 23.0 Å².